The zero-order valence-corrected chi connectivity index (χ0v) is 12.5. The number of aromatic nitrogens is 1. The molecule has 1 atom stereocenters. The molecule has 1 fully saturated rings. The smallest absolute Gasteiger partial charge is 0.319 e. The second kappa shape index (κ2) is 7.07. The Morgan fingerprint density at radius 3 is 2.55 bits per heavy atom. The summed E-state index contributed by atoms with van der Waals surface area (Å²) < 4.78 is 0. The maximum absolute atomic E-state index is 12.3. The highest BCUT2D eigenvalue weighted by Crippen LogP contribution is 2.35. The lowest BCUT2D eigenvalue weighted by molar-refractivity contribution is 0.242. The summed E-state index contributed by atoms with van der Waals surface area (Å²) >= 11 is 0. The van der Waals surface area contributed by atoms with Gasteiger partial charge in [0.25, 0.3) is 0 Å². The number of hydrogen-bond acceptors (Lipinski definition) is 2. The minimum absolute atomic E-state index is 0.0698. The first-order chi connectivity index (χ1) is 10.8. The van der Waals surface area contributed by atoms with E-state index in [4.69, 9.17) is 0 Å². The Hall–Kier alpha value is -2.36. The van der Waals surface area contributed by atoms with Crippen molar-refractivity contribution in [1.82, 2.24) is 10.3 Å². The van der Waals surface area contributed by atoms with Crippen LogP contribution in [0.2, 0.25) is 0 Å². The zero-order valence-electron chi connectivity index (χ0n) is 12.5. The maximum Gasteiger partial charge on any atom is 0.319 e. The fraction of sp³-hybridized carbons (Fsp3) is 0.333. The topological polar surface area (TPSA) is 54.0 Å². The third kappa shape index (κ3) is 3.64. The van der Waals surface area contributed by atoms with E-state index >= 15 is 0 Å². The predicted molar refractivity (Wildman–Crippen MR) is 87.5 cm³/mol. The van der Waals surface area contributed by atoms with Crippen LogP contribution in [0.3, 0.4) is 0 Å². The van der Waals surface area contributed by atoms with Crippen LogP contribution < -0.4 is 10.6 Å². The van der Waals surface area contributed by atoms with Crippen LogP contribution in [0, 0.1) is 5.92 Å². The molecule has 2 aromatic rings. The van der Waals surface area contributed by atoms with E-state index in [9.17, 15) is 4.79 Å². The fourth-order valence-electron chi connectivity index (χ4n) is 3.17. The number of carbonyl (C=O) groups excluding carboxylic acids is 1. The van der Waals surface area contributed by atoms with Crippen LogP contribution >= 0.6 is 0 Å². The summed E-state index contributed by atoms with van der Waals surface area (Å²) in [5.41, 5.74) is 1.88. The lowest BCUT2D eigenvalue weighted by Gasteiger charge is -2.25. The Morgan fingerprint density at radius 1 is 1.09 bits per heavy atom. The van der Waals surface area contributed by atoms with Crippen LogP contribution in [-0.4, -0.2) is 11.0 Å². The van der Waals surface area contributed by atoms with E-state index in [0.717, 1.165) is 0 Å². The van der Waals surface area contributed by atoms with Crippen LogP contribution in [0.4, 0.5) is 10.5 Å². The third-order valence-corrected chi connectivity index (χ3v) is 4.24. The Bertz CT molecular complexity index is 594. The lowest BCUT2D eigenvalue weighted by Crippen LogP contribution is -2.35. The van der Waals surface area contributed by atoms with Gasteiger partial charge in [0, 0.05) is 6.20 Å². The summed E-state index contributed by atoms with van der Waals surface area (Å²) in [6.45, 7) is 0. The molecule has 2 N–H and O–H groups in total. The highest BCUT2D eigenvalue weighted by Gasteiger charge is 2.27. The van der Waals surface area contributed by atoms with Crippen LogP contribution in [0.25, 0.3) is 0 Å². The third-order valence-electron chi connectivity index (χ3n) is 4.24. The van der Waals surface area contributed by atoms with Crippen molar-refractivity contribution in [3.05, 3.63) is 60.4 Å². The number of carbonyl (C=O) groups is 1. The second-order valence-electron chi connectivity index (χ2n) is 5.77. The molecule has 0 aliphatic heterocycles. The number of rotatable bonds is 4. The van der Waals surface area contributed by atoms with Gasteiger partial charge in [0.2, 0.25) is 0 Å². The van der Waals surface area contributed by atoms with Gasteiger partial charge in [0.05, 0.1) is 17.9 Å². The van der Waals surface area contributed by atoms with Crippen molar-refractivity contribution in [2.24, 2.45) is 5.92 Å². The first-order valence-electron chi connectivity index (χ1n) is 7.85. The number of anilines is 1. The van der Waals surface area contributed by atoms with Crippen molar-refractivity contribution in [1.29, 1.82) is 0 Å². The number of benzene rings is 1. The summed E-state index contributed by atoms with van der Waals surface area (Å²) in [5, 5.41) is 6.00. The predicted octanol–water partition coefficient (Wildman–Crippen LogP) is 4.13. The van der Waals surface area contributed by atoms with Gasteiger partial charge in [0.15, 0.2) is 0 Å². The first kappa shape index (κ1) is 14.6. The van der Waals surface area contributed by atoms with Gasteiger partial charge >= 0.3 is 6.03 Å². The number of hydrogen-bond donors (Lipinski definition) is 2. The standard InChI is InChI=1S/C18H21N3O/c22-18(20-16-11-6-12-19-13-16)21-17(15-9-4-5-10-15)14-7-2-1-3-8-14/h1-3,6-8,11-13,15,17H,4-5,9-10H2,(H2,20,21,22)/t17-/m0/s1. The van der Waals surface area contributed by atoms with Crippen LogP contribution in [0.1, 0.15) is 37.3 Å². The summed E-state index contributed by atoms with van der Waals surface area (Å²) in [5.74, 6) is 0.516. The summed E-state index contributed by atoms with van der Waals surface area (Å²) in [4.78, 5) is 16.3. The molecule has 1 heterocycles. The minimum atomic E-state index is -0.172. The van der Waals surface area contributed by atoms with Crippen molar-refractivity contribution in [2.75, 3.05) is 5.32 Å². The van der Waals surface area contributed by atoms with Crippen molar-refractivity contribution >= 4 is 11.7 Å². The van der Waals surface area contributed by atoms with E-state index in [1.165, 1.54) is 31.2 Å². The second-order valence-corrected chi connectivity index (χ2v) is 5.77. The highest BCUT2D eigenvalue weighted by atomic mass is 16.2. The lowest BCUT2D eigenvalue weighted by atomic mass is 9.92. The molecule has 0 radical (unpaired) electrons. The average molecular weight is 295 g/mol. The summed E-state index contributed by atoms with van der Waals surface area (Å²) in [7, 11) is 0. The van der Waals surface area contributed by atoms with E-state index in [0.29, 0.717) is 11.6 Å². The Morgan fingerprint density at radius 2 is 1.86 bits per heavy atom. The molecule has 4 nitrogen and oxygen atoms in total. The SMILES string of the molecule is O=C(Nc1cccnc1)N[C@@H](c1ccccc1)C1CCCC1. The molecule has 0 spiro atoms. The first-order valence-corrected chi connectivity index (χ1v) is 7.85. The average Bonchev–Trinajstić information content (AvgIpc) is 3.08. The molecule has 0 bridgehead atoms. The molecule has 114 valence electrons. The molecule has 3 rings (SSSR count). The van der Waals surface area contributed by atoms with Gasteiger partial charge in [-0.05, 0) is 36.5 Å². The monoisotopic (exact) mass is 295 g/mol. The normalized spacial score (nSPS) is 16.2. The van der Waals surface area contributed by atoms with E-state index in [2.05, 4.69) is 27.8 Å². The van der Waals surface area contributed by atoms with Gasteiger partial charge in [0.1, 0.15) is 0 Å². The Balaban J connectivity index is 1.71. The van der Waals surface area contributed by atoms with Crippen molar-refractivity contribution in [3.8, 4) is 0 Å². The largest absolute Gasteiger partial charge is 0.331 e. The maximum atomic E-state index is 12.3. The molecule has 0 unspecified atom stereocenters. The van der Waals surface area contributed by atoms with Gasteiger partial charge in [-0.25, -0.2) is 4.79 Å². The van der Waals surface area contributed by atoms with Crippen molar-refractivity contribution in [3.63, 3.8) is 0 Å². The highest BCUT2D eigenvalue weighted by molar-refractivity contribution is 5.89. The molecule has 1 aliphatic rings. The summed E-state index contributed by atoms with van der Waals surface area (Å²) in [6.07, 6.45) is 8.18. The zero-order chi connectivity index (χ0) is 15.2. The molecule has 22 heavy (non-hydrogen) atoms. The quantitative estimate of drug-likeness (QED) is 0.891. The molecule has 1 aliphatic carbocycles. The Kier molecular flexibility index (Phi) is 4.68. The number of nitrogens with one attached hydrogen (secondary N) is 2. The van der Waals surface area contributed by atoms with E-state index < -0.39 is 0 Å². The molecule has 1 aromatic heterocycles. The van der Waals surface area contributed by atoms with Crippen molar-refractivity contribution in [2.45, 2.75) is 31.7 Å². The van der Waals surface area contributed by atoms with Gasteiger partial charge < -0.3 is 10.6 Å². The molecular formula is C18H21N3O. The molecule has 1 saturated carbocycles. The van der Waals surface area contributed by atoms with Crippen LogP contribution in [0.15, 0.2) is 54.9 Å². The van der Waals surface area contributed by atoms with E-state index in [-0.39, 0.29) is 12.1 Å². The van der Waals surface area contributed by atoms with E-state index in [1.54, 1.807) is 18.5 Å². The molecule has 2 amide bonds. The molecule has 4 heteroatoms. The number of urea groups is 1. The fourth-order valence-corrected chi connectivity index (χ4v) is 3.17. The number of amides is 2. The molecular weight excluding hydrogens is 274 g/mol. The van der Waals surface area contributed by atoms with Gasteiger partial charge in [-0.2, -0.15) is 0 Å². The number of pyridine rings is 1. The van der Waals surface area contributed by atoms with E-state index in [1.807, 2.05) is 24.3 Å². The van der Waals surface area contributed by atoms with Crippen LogP contribution in [0.5, 0.6) is 0 Å². The van der Waals surface area contributed by atoms with Crippen molar-refractivity contribution < 1.29 is 4.79 Å². The Labute approximate surface area is 131 Å². The van der Waals surface area contributed by atoms with Gasteiger partial charge in [-0.3, -0.25) is 4.98 Å². The molecule has 1 aromatic carbocycles. The summed E-state index contributed by atoms with van der Waals surface area (Å²) in [6, 6.07) is 13.8. The van der Waals surface area contributed by atoms with Gasteiger partial charge in [-0.1, -0.05) is 43.2 Å². The van der Waals surface area contributed by atoms with Crippen LogP contribution in [-0.2, 0) is 0 Å². The van der Waals surface area contributed by atoms with Gasteiger partial charge in [-0.15, -0.1) is 0 Å². The number of nitrogens with zero attached hydrogens (tertiary/aromatic N) is 1. The minimum Gasteiger partial charge on any atom is -0.331 e. The molecule has 0 saturated heterocycles.